The van der Waals surface area contributed by atoms with E-state index >= 15 is 0 Å². The van der Waals surface area contributed by atoms with Crippen molar-refractivity contribution in [3.63, 3.8) is 0 Å². The number of hydrogen-bond acceptors (Lipinski definition) is 3. The molecule has 4 fully saturated rings. The van der Waals surface area contributed by atoms with Crippen LogP contribution in [0.2, 0.25) is 0 Å². The third-order valence-corrected chi connectivity index (χ3v) is 5.94. The van der Waals surface area contributed by atoms with Gasteiger partial charge in [-0.2, -0.15) is 0 Å². The molecule has 0 spiro atoms. The van der Waals surface area contributed by atoms with Crippen LogP contribution in [0.4, 0.5) is 5.69 Å². The van der Waals surface area contributed by atoms with Crippen LogP contribution >= 0.6 is 0 Å². The minimum absolute atomic E-state index is 0.238. The van der Waals surface area contributed by atoms with E-state index < -0.39 is 0 Å². The van der Waals surface area contributed by atoms with Crippen molar-refractivity contribution in [3.8, 4) is 5.88 Å². The minimum atomic E-state index is 0.238. The molecule has 0 amide bonds. The molecule has 0 radical (unpaired) electrons. The predicted octanol–water partition coefficient (Wildman–Crippen LogP) is 3.50. The average molecular weight is 272 g/mol. The van der Waals surface area contributed by atoms with E-state index in [0.717, 1.165) is 23.7 Å². The Morgan fingerprint density at radius 2 is 1.80 bits per heavy atom. The fraction of sp³-hybridized carbons (Fsp3) is 0.706. The first-order valence-electron chi connectivity index (χ1n) is 8.08. The largest absolute Gasteiger partial charge is 0.473 e. The van der Waals surface area contributed by atoms with Crippen LogP contribution in [0.3, 0.4) is 0 Å². The first kappa shape index (κ1) is 12.5. The van der Waals surface area contributed by atoms with Crippen molar-refractivity contribution in [2.45, 2.75) is 45.1 Å². The average Bonchev–Trinajstić information content (AvgIpc) is 2.40. The second kappa shape index (κ2) is 4.64. The Balaban J connectivity index is 1.51. The van der Waals surface area contributed by atoms with Crippen LogP contribution in [-0.4, -0.2) is 11.1 Å². The quantitative estimate of drug-likeness (QED) is 0.916. The second-order valence-corrected chi connectivity index (χ2v) is 7.23. The summed E-state index contributed by atoms with van der Waals surface area (Å²) in [5.41, 5.74) is 6.61. The van der Waals surface area contributed by atoms with Crippen LogP contribution in [-0.2, 0) is 0 Å². The fourth-order valence-corrected chi connectivity index (χ4v) is 5.49. The summed E-state index contributed by atoms with van der Waals surface area (Å²) >= 11 is 0. The van der Waals surface area contributed by atoms with Crippen LogP contribution in [0, 0.1) is 29.6 Å². The maximum absolute atomic E-state index is 6.13. The summed E-state index contributed by atoms with van der Waals surface area (Å²) in [6.45, 7) is 2.22. The van der Waals surface area contributed by atoms with Gasteiger partial charge < -0.3 is 10.5 Å². The highest BCUT2D eigenvalue weighted by Crippen LogP contribution is 2.57. The lowest BCUT2D eigenvalue weighted by molar-refractivity contribution is -0.0777. The normalized spacial score (nSPS) is 39.8. The summed E-state index contributed by atoms with van der Waals surface area (Å²) in [6, 6.07) is 3.72. The van der Waals surface area contributed by atoms with Crippen molar-refractivity contribution in [1.82, 2.24) is 4.98 Å². The van der Waals surface area contributed by atoms with Crippen LogP contribution in [0.1, 0.15) is 39.0 Å². The van der Waals surface area contributed by atoms with Gasteiger partial charge >= 0.3 is 0 Å². The summed E-state index contributed by atoms with van der Waals surface area (Å²) in [6.07, 6.45) is 9.23. The molecule has 5 rings (SSSR count). The molecule has 4 saturated carbocycles. The molecule has 108 valence electrons. The maximum Gasteiger partial charge on any atom is 0.237 e. The Kier molecular flexibility index (Phi) is 2.90. The van der Waals surface area contributed by atoms with Gasteiger partial charge in [0.15, 0.2) is 0 Å². The van der Waals surface area contributed by atoms with Gasteiger partial charge in [-0.05, 0) is 74.8 Å². The second-order valence-electron chi connectivity index (χ2n) is 7.23. The van der Waals surface area contributed by atoms with Gasteiger partial charge in [-0.25, -0.2) is 4.98 Å². The number of aromatic nitrogens is 1. The zero-order chi connectivity index (χ0) is 13.7. The third kappa shape index (κ3) is 1.99. The molecule has 1 aromatic heterocycles. The molecule has 4 bridgehead atoms. The highest BCUT2D eigenvalue weighted by atomic mass is 16.5. The van der Waals surface area contributed by atoms with Gasteiger partial charge in [0.1, 0.15) is 6.10 Å². The van der Waals surface area contributed by atoms with Crippen molar-refractivity contribution >= 4 is 5.69 Å². The van der Waals surface area contributed by atoms with E-state index in [4.69, 9.17) is 10.5 Å². The monoisotopic (exact) mass is 272 g/mol. The molecule has 0 saturated heterocycles. The highest BCUT2D eigenvalue weighted by Gasteiger charge is 2.50. The van der Waals surface area contributed by atoms with Gasteiger partial charge in [0, 0.05) is 12.1 Å². The number of anilines is 1. The van der Waals surface area contributed by atoms with Gasteiger partial charge in [-0.1, -0.05) is 0 Å². The zero-order valence-electron chi connectivity index (χ0n) is 12.2. The van der Waals surface area contributed by atoms with E-state index in [2.05, 4.69) is 11.9 Å². The SMILES string of the molecule is CC(Oc1ncccc1N)C1C2CC3CC(C2)CC1C3. The molecular formula is C17H24N2O. The minimum Gasteiger partial charge on any atom is -0.473 e. The van der Waals surface area contributed by atoms with Crippen molar-refractivity contribution in [1.29, 1.82) is 0 Å². The molecule has 20 heavy (non-hydrogen) atoms. The van der Waals surface area contributed by atoms with Gasteiger partial charge in [0.2, 0.25) is 5.88 Å². The molecule has 0 aliphatic heterocycles. The van der Waals surface area contributed by atoms with E-state index in [9.17, 15) is 0 Å². The third-order valence-electron chi connectivity index (χ3n) is 5.94. The molecule has 4 aliphatic carbocycles. The molecule has 3 nitrogen and oxygen atoms in total. The lowest BCUT2D eigenvalue weighted by atomic mass is 9.51. The first-order chi connectivity index (χ1) is 9.70. The molecule has 4 aliphatic rings. The molecule has 3 heteroatoms. The van der Waals surface area contributed by atoms with Gasteiger partial charge in [-0.3, -0.25) is 0 Å². The van der Waals surface area contributed by atoms with E-state index in [-0.39, 0.29) is 6.10 Å². The van der Waals surface area contributed by atoms with Crippen LogP contribution in [0.5, 0.6) is 5.88 Å². The van der Waals surface area contributed by atoms with Crippen LogP contribution in [0.25, 0.3) is 0 Å². The predicted molar refractivity (Wildman–Crippen MR) is 79.3 cm³/mol. The summed E-state index contributed by atoms with van der Waals surface area (Å²) in [7, 11) is 0. The summed E-state index contributed by atoms with van der Waals surface area (Å²) < 4.78 is 6.13. The van der Waals surface area contributed by atoms with Crippen molar-refractivity contribution in [2.24, 2.45) is 29.6 Å². The van der Waals surface area contributed by atoms with Gasteiger partial charge in [0.05, 0.1) is 5.69 Å². The van der Waals surface area contributed by atoms with E-state index in [1.807, 2.05) is 12.1 Å². The van der Waals surface area contributed by atoms with E-state index in [0.29, 0.717) is 17.5 Å². The van der Waals surface area contributed by atoms with Crippen LogP contribution < -0.4 is 10.5 Å². The highest BCUT2D eigenvalue weighted by molar-refractivity contribution is 5.46. The summed E-state index contributed by atoms with van der Waals surface area (Å²) in [5, 5.41) is 0. The lowest BCUT2D eigenvalue weighted by Crippen LogP contribution is -2.50. The molecule has 1 unspecified atom stereocenters. The van der Waals surface area contributed by atoms with Crippen LogP contribution in [0.15, 0.2) is 18.3 Å². The topological polar surface area (TPSA) is 48.1 Å². The lowest BCUT2D eigenvalue weighted by Gasteiger charge is -2.55. The molecule has 1 atom stereocenters. The molecular weight excluding hydrogens is 248 g/mol. The number of nitrogens with two attached hydrogens (primary N) is 1. The molecule has 2 N–H and O–H groups in total. The van der Waals surface area contributed by atoms with E-state index in [1.54, 1.807) is 6.20 Å². The number of ether oxygens (including phenoxy) is 1. The number of nitrogen functional groups attached to an aromatic ring is 1. The van der Waals surface area contributed by atoms with Gasteiger partial charge in [0.25, 0.3) is 0 Å². The Morgan fingerprint density at radius 3 is 2.40 bits per heavy atom. The Hall–Kier alpha value is -1.25. The number of hydrogen-bond donors (Lipinski definition) is 1. The Labute approximate surface area is 120 Å². The standard InChI is InChI=1S/C17H24N2O/c1-10(20-17-15(18)3-2-4-19-17)16-13-6-11-5-12(8-13)9-14(16)7-11/h2-4,10-14,16H,5-9,18H2,1H3. The summed E-state index contributed by atoms with van der Waals surface area (Å²) in [4.78, 5) is 4.28. The van der Waals surface area contributed by atoms with Gasteiger partial charge in [-0.15, -0.1) is 0 Å². The molecule has 0 aromatic carbocycles. The van der Waals surface area contributed by atoms with Crippen molar-refractivity contribution in [2.75, 3.05) is 5.73 Å². The number of rotatable bonds is 3. The maximum atomic E-state index is 6.13. The molecule has 1 heterocycles. The fourth-order valence-electron chi connectivity index (χ4n) is 5.49. The number of pyridine rings is 1. The Bertz CT molecular complexity index is 474. The van der Waals surface area contributed by atoms with E-state index in [1.165, 1.54) is 32.1 Å². The smallest absolute Gasteiger partial charge is 0.237 e. The summed E-state index contributed by atoms with van der Waals surface area (Å²) in [5.74, 6) is 5.12. The van der Waals surface area contributed by atoms with Crippen molar-refractivity contribution < 1.29 is 4.74 Å². The van der Waals surface area contributed by atoms with Crippen molar-refractivity contribution in [3.05, 3.63) is 18.3 Å². The number of nitrogens with zero attached hydrogens (tertiary/aromatic N) is 1. The first-order valence-corrected chi connectivity index (χ1v) is 8.08. The zero-order valence-corrected chi connectivity index (χ0v) is 12.2. The Morgan fingerprint density at radius 1 is 1.15 bits per heavy atom. The molecule has 1 aromatic rings.